The minimum Gasteiger partial charge on any atom is -0.494 e. The van der Waals surface area contributed by atoms with Crippen LogP contribution in [0, 0.1) is 0 Å². The van der Waals surface area contributed by atoms with E-state index < -0.39 is 0 Å². The number of carbonyl (C=O) groups excluding carboxylic acids is 2. The van der Waals surface area contributed by atoms with Gasteiger partial charge in [0.15, 0.2) is 0 Å². The average Bonchev–Trinajstić information content (AvgIpc) is 2.72. The molecule has 0 radical (unpaired) electrons. The molecule has 0 saturated heterocycles. The first-order valence-electron chi connectivity index (χ1n) is 9.77. The van der Waals surface area contributed by atoms with Crippen LogP contribution >= 0.6 is 0 Å². The molecule has 0 saturated carbocycles. The molecule has 2 aromatic rings. The number of hydrogen-bond donors (Lipinski definition) is 3. The molecule has 28 heavy (non-hydrogen) atoms. The zero-order valence-electron chi connectivity index (χ0n) is 16.6. The number of amides is 2. The third-order valence-electron chi connectivity index (χ3n) is 4.02. The van der Waals surface area contributed by atoms with Crippen molar-refractivity contribution in [2.45, 2.75) is 33.1 Å². The summed E-state index contributed by atoms with van der Waals surface area (Å²) in [5, 5.41) is 8.72. The van der Waals surface area contributed by atoms with Crippen molar-refractivity contribution in [3.05, 3.63) is 54.1 Å². The second kappa shape index (κ2) is 11.6. The van der Waals surface area contributed by atoms with Gasteiger partial charge in [0, 0.05) is 23.5 Å². The first kappa shape index (κ1) is 21.3. The summed E-state index contributed by atoms with van der Waals surface area (Å²) in [4.78, 5) is 24.2. The van der Waals surface area contributed by atoms with E-state index in [1.807, 2.05) is 37.3 Å². The summed E-state index contributed by atoms with van der Waals surface area (Å²) < 4.78 is 5.61. The number of carbonyl (C=O) groups is 2. The van der Waals surface area contributed by atoms with Crippen LogP contribution in [0.3, 0.4) is 0 Å². The Morgan fingerprint density at radius 3 is 2.46 bits per heavy atom. The fourth-order valence-electron chi connectivity index (χ4n) is 2.47. The molecule has 2 aromatic carbocycles. The van der Waals surface area contributed by atoms with Gasteiger partial charge in [-0.1, -0.05) is 26.3 Å². The number of hydrogen-bond acceptors (Lipinski definition) is 4. The van der Waals surface area contributed by atoms with E-state index in [1.54, 1.807) is 18.2 Å². The summed E-state index contributed by atoms with van der Waals surface area (Å²) >= 11 is 0. The van der Waals surface area contributed by atoms with Crippen LogP contribution < -0.4 is 20.7 Å². The molecule has 2 amide bonds. The number of benzene rings is 2. The van der Waals surface area contributed by atoms with Crippen molar-refractivity contribution in [1.82, 2.24) is 5.32 Å². The van der Waals surface area contributed by atoms with Gasteiger partial charge in [0.2, 0.25) is 5.91 Å². The highest BCUT2D eigenvalue weighted by Gasteiger charge is 2.07. The van der Waals surface area contributed by atoms with Gasteiger partial charge in [0.1, 0.15) is 5.75 Å². The van der Waals surface area contributed by atoms with Crippen molar-refractivity contribution < 1.29 is 14.3 Å². The van der Waals surface area contributed by atoms with Crippen LogP contribution in [-0.4, -0.2) is 31.5 Å². The van der Waals surface area contributed by atoms with Crippen LogP contribution in [0.1, 0.15) is 43.5 Å². The van der Waals surface area contributed by atoms with Gasteiger partial charge in [0.25, 0.3) is 5.91 Å². The number of rotatable bonds is 11. The molecular weight excluding hydrogens is 354 g/mol. The lowest BCUT2D eigenvalue weighted by Crippen LogP contribution is -2.24. The van der Waals surface area contributed by atoms with E-state index in [-0.39, 0.29) is 18.4 Å². The smallest absolute Gasteiger partial charge is 0.251 e. The molecule has 0 aliphatic carbocycles. The molecule has 150 valence electrons. The summed E-state index contributed by atoms with van der Waals surface area (Å²) in [6, 6.07) is 14.4. The molecule has 6 nitrogen and oxygen atoms in total. The van der Waals surface area contributed by atoms with Gasteiger partial charge in [-0.15, -0.1) is 0 Å². The molecule has 0 fully saturated rings. The van der Waals surface area contributed by atoms with Crippen molar-refractivity contribution in [2.75, 3.05) is 30.3 Å². The van der Waals surface area contributed by atoms with Crippen molar-refractivity contribution in [3.8, 4) is 5.75 Å². The Hall–Kier alpha value is -3.02. The number of ether oxygens (including phenoxy) is 1. The zero-order valence-corrected chi connectivity index (χ0v) is 16.6. The summed E-state index contributed by atoms with van der Waals surface area (Å²) in [6.07, 6.45) is 2.99. The minimum absolute atomic E-state index is 0.106. The van der Waals surface area contributed by atoms with E-state index in [0.717, 1.165) is 30.7 Å². The quantitative estimate of drug-likeness (QED) is 0.511. The lowest BCUT2D eigenvalue weighted by Gasteiger charge is -2.10. The topological polar surface area (TPSA) is 79.5 Å². The standard InChI is InChI=1S/C22H29N3O3/c1-3-5-14-28-20-11-9-18(10-12-20)25-21(26)16-24-19-8-6-7-17(15-19)22(27)23-13-4-2/h6-12,15,24H,3-5,13-14,16H2,1-2H3,(H,23,27)(H,25,26). The molecule has 6 heteroatoms. The van der Waals surface area contributed by atoms with Gasteiger partial charge in [-0.25, -0.2) is 0 Å². The zero-order chi connectivity index (χ0) is 20.2. The summed E-state index contributed by atoms with van der Waals surface area (Å²) in [5.74, 6) is 0.513. The van der Waals surface area contributed by atoms with E-state index in [4.69, 9.17) is 4.74 Å². The number of anilines is 2. The Kier molecular flexibility index (Phi) is 8.85. The Balaban J connectivity index is 1.81. The van der Waals surface area contributed by atoms with E-state index in [2.05, 4.69) is 22.9 Å². The highest BCUT2D eigenvalue weighted by atomic mass is 16.5. The van der Waals surface area contributed by atoms with Gasteiger partial charge >= 0.3 is 0 Å². The highest BCUT2D eigenvalue weighted by Crippen LogP contribution is 2.16. The fraction of sp³-hybridized carbons (Fsp3) is 0.364. The van der Waals surface area contributed by atoms with Crippen LogP contribution in [0.15, 0.2) is 48.5 Å². The SMILES string of the molecule is CCCCOc1ccc(NC(=O)CNc2cccc(C(=O)NCCC)c2)cc1. The van der Waals surface area contributed by atoms with E-state index >= 15 is 0 Å². The first-order chi connectivity index (χ1) is 13.6. The molecule has 0 aromatic heterocycles. The minimum atomic E-state index is -0.166. The molecule has 0 heterocycles. The van der Waals surface area contributed by atoms with Crippen LogP contribution in [0.25, 0.3) is 0 Å². The third-order valence-corrected chi connectivity index (χ3v) is 4.02. The Bertz CT molecular complexity index is 760. The summed E-state index contributed by atoms with van der Waals surface area (Å²) in [7, 11) is 0. The van der Waals surface area contributed by atoms with Gasteiger partial charge in [-0.05, 0) is 55.3 Å². The van der Waals surface area contributed by atoms with Crippen LogP contribution in [0.2, 0.25) is 0 Å². The largest absolute Gasteiger partial charge is 0.494 e. The van der Waals surface area contributed by atoms with Gasteiger partial charge in [-0.3, -0.25) is 9.59 Å². The summed E-state index contributed by atoms with van der Waals surface area (Å²) in [5.41, 5.74) is 2.00. The van der Waals surface area contributed by atoms with Crippen LogP contribution in [-0.2, 0) is 4.79 Å². The monoisotopic (exact) mass is 383 g/mol. The van der Waals surface area contributed by atoms with E-state index in [0.29, 0.717) is 24.4 Å². The van der Waals surface area contributed by atoms with Crippen molar-refractivity contribution in [3.63, 3.8) is 0 Å². The van der Waals surface area contributed by atoms with Gasteiger partial charge < -0.3 is 20.7 Å². The molecular formula is C22H29N3O3. The first-order valence-corrected chi connectivity index (χ1v) is 9.77. The second-order valence-electron chi connectivity index (χ2n) is 6.46. The maximum Gasteiger partial charge on any atom is 0.251 e. The number of unbranched alkanes of at least 4 members (excludes halogenated alkanes) is 1. The van der Waals surface area contributed by atoms with E-state index in [9.17, 15) is 9.59 Å². The molecule has 3 N–H and O–H groups in total. The Labute approximate surface area is 166 Å². The predicted molar refractivity (Wildman–Crippen MR) is 113 cm³/mol. The number of nitrogens with one attached hydrogen (secondary N) is 3. The average molecular weight is 383 g/mol. The van der Waals surface area contributed by atoms with E-state index in [1.165, 1.54) is 0 Å². The molecule has 0 unspecified atom stereocenters. The van der Waals surface area contributed by atoms with Crippen LogP contribution in [0.4, 0.5) is 11.4 Å². The second-order valence-corrected chi connectivity index (χ2v) is 6.46. The lowest BCUT2D eigenvalue weighted by atomic mass is 10.2. The molecule has 0 spiro atoms. The lowest BCUT2D eigenvalue weighted by molar-refractivity contribution is -0.114. The molecule has 0 aliphatic rings. The predicted octanol–water partition coefficient (Wildman–Crippen LogP) is 4.06. The Morgan fingerprint density at radius 1 is 0.964 bits per heavy atom. The normalized spacial score (nSPS) is 10.2. The summed E-state index contributed by atoms with van der Waals surface area (Å²) in [6.45, 7) is 5.56. The van der Waals surface area contributed by atoms with Crippen molar-refractivity contribution in [1.29, 1.82) is 0 Å². The highest BCUT2D eigenvalue weighted by molar-refractivity contribution is 5.96. The van der Waals surface area contributed by atoms with Crippen LogP contribution in [0.5, 0.6) is 5.75 Å². The molecule has 0 aliphatic heterocycles. The van der Waals surface area contributed by atoms with Crippen molar-refractivity contribution >= 4 is 23.2 Å². The van der Waals surface area contributed by atoms with Crippen molar-refractivity contribution in [2.24, 2.45) is 0 Å². The fourth-order valence-corrected chi connectivity index (χ4v) is 2.47. The Morgan fingerprint density at radius 2 is 1.75 bits per heavy atom. The van der Waals surface area contributed by atoms with Gasteiger partial charge in [-0.2, -0.15) is 0 Å². The molecule has 2 rings (SSSR count). The maximum atomic E-state index is 12.2. The maximum absolute atomic E-state index is 12.2. The van der Waals surface area contributed by atoms with Gasteiger partial charge in [0.05, 0.1) is 13.2 Å². The molecule has 0 bridgehead atoms. The molecule has 0 atom stereocenters. The third kappa shape index (κ3) is 7.31.